The molecule has 0 spiro atoms. The molecule has 2 rings (SSSR count). The van der Waals surface area contributed by atoms with Crippen molar-refractivity contribution >= 4 is 57.4 Å². The van der Waals surface area contributed by atoms with Crippen molar-refractivity contribution in [2.24, 2.45) is 5.92 Å². The molecule has 0 fully saturated rings. The molecule has 0 aliphatic carbocycles. The molecular formula is C22H28Cl2N4O3S. The predicted octanol–water partition coefficient (Wildman–Crippen LogP) is 4.64. The second-order valence-electron chi connectivity index (χ2n) is 8.05. The van der Waals surface area contributed by atoms with Crippen LogP contribution in [0.5, 0.6) is 0 Å². The molecule has 1 aromatic carbocycles. The zero-order valence-corrected chi connectivity index (χ0v) is 20.9. The molecule has 2 aromatic rings. The molecule has 0 aliphatic heterocycles. The summed E-state index contributed by atoms with van der Waals surface area (Å²) < 4.78 is 0. The zero-order valence-electron chi connectivity index (χ0n) is 18.6. The first-order valence-electron chi connectivity index (χ1n) is 10.3. The van der Waals surface area contributed by atoms with Crippen LogP contribution >= 0.6 is 34.5 Å². The van der Waals surface area contributed by atoms with Crippen molar-refractivity contribution in [1.29, 1.82) is 0 Å². The van der Waals surface area contributed by atoms with Gasteiger partial charge in [-0.1, -0.05) is 37.0 Å². The Kier molecular flexibility index (Phi) is 9.93. The van der Waals surface area contributed by atoms with Crippen LogP contribution in [0.25, 0.3) is 0 Å². The van der Waals surface area contributed by atoms with E-state index in [9.17, 15) is 14.4 Å². The fourth-order valence-electron chi connectivity index (χ4n) is 2.79. The fourth-order valence-corrected chi connectivity index (χ4v) is 4.01. The Labute approximate surface area is 202 Å². The lowest BCUT2D eigenvalue weighted by Gasteiger charge is -2.26. The van der Waals surface area contributed by atoms with Crippen LogP contribution in [0.2, 0.25) is 10.0 Å². The van der Waals surface area contributed by atoms with Crippen LogP contribution in [0, 0.1) is 5.92 Å². The van der Waals surface area contributed by atoms with Gasteiger partial charge in [-0.3, -0.25) is 14.4 Å². The highest BCUT2D eigenvalue weighted by molar-refractivity contribution is 7.13. The first kappa shape index (κ1) is 26.1. The molecule has 3 amide bonds. The van der Waals surface area contributed by atoms with Gasteiger partial charge >= 0.3 is 0 Å². The third-order valence-corrected chi connectivity index (χ3v) is 5.90. The van der Waals surface area contributed by atoms with E-state index < -0.39 is 0 Å². The van der Waals surface area contributed by atoms with Gasteiger partial charge in [-0.25, -0.2) is 4.98 Å². The van der Waals surface area contributed by atoms with Crippen molar-refractivity contribution in [1.82, 2.24) is 15.2 Å². The maximum atomic E-state index is 12.9. The van der Waals surface area contributed by atoms with Crippen molar-refractivity contribution < 1.29 is 14.4 Å². The number of amides is 3. The maximum Gasteiger partial charge on any atom is 0.256 e. The molecule has 0 saturated carbocycles. The summed E-state index contributed by atoms with van der Waals surface area (Å²) in [6, 6.07) is 4.38. The zero-order chi connectivity index (χ0) is 23.8. The number of benzene rings is 1. The molecule has 0 saturated heterocycles. The summed E-state index contributed by atoms with van der Waals surface area (Å²) in [6.45, 7) is 8.28. The highest BCUT2D eigenvalue weighted by Gasteiger charge is 2.24. The smallest absolute Gasteiger partial charge is 0.256 e. The third kappa shape index (κ3) is 8.07. The van der Waals surface area contributed by atoms with Crippen LogP contribution in [0.3, 0.4) is 0 Å². The number of rotatable bonds is 10. The van der Waals surface area contributed by atoms with E-state index in [-0.39, 0.29) is 47.3 Å². The number of carbonyl (C=O) groups excluding carboxylic acids is 3. The molecule has 10 heteroatoms. The van der Waals surface area contributed by atoms with E-state index in [4.69, 9.17) is 23.2 Å². The van der Waals surface area contributed by atoms with Crippen molar-refractivity contribution in [3.05, 3.63) is 44.9 Å². The normalized spacial score (nSPS) is 11.0. The maximum absolute atomic E-state index is 12.9. The average molecular weight is 499 g/mol. The highest BCUT2D eigenvalue weighted by atomic mass is 35.5. The van der Waals surface area contributed by atoms with Gasteiger partial charge in [-0.05, 0) is 44.4 Å². The van der Waals surface area contributed by atoms with Gasteiger partial charge in [0.15, 0.2) is 5.13 Å². The first-order chi connectivity index (χ1) is 15.1. The van der Waals surface area contributed by atoms with E-state index in [0.717, 1.165) is 6.42 Å². The lowest BCUT2D eigenvalue weighted by atomic mass is 10.1. The minimum absolute atomic E-state index is 0.106. The topological polar surface area (TPSA) is 91.4 Å². The van der Waals surface area contributed by atoms with Crippen LogP contribution in [-0.2, 0) is 16.0 Å². The van der Waals surface area contributed by atoms with E-state index in [1.165, 1.54) is 22.3 Å². The van der Waals surface area contributed by atoms with E-state index in [1.807, 2.05) is 13.8 Å². The van der Waals surface area contributed by atoms with Gasteiger partial charge in [0.1, 0.15) is 6.54 Å². The van der Waals surface area contributed by atoms with E-state index in [1.54, 1.807) is 17.5 Å². The van der Waals surface area contributed by atoms with Gasteiger partial charge < -0.3 is 15.5 Å². The lowest BCUT2D eigenvalue weighted by Crippen LogP contribution is -2.42. The summed E-state index contributed by atoms with van der Waals surface area (Å²) in [6.07, 6.45) is 1.06. The third-order valence-electron chi connectivity index (χ3n) is 4.54. The summed E-state index contributed by atoms with van der Waals surface area (Å²) in [7, 11) is 0. The number of hydrogen-bond acceptors (Lipinski definition) is 5. The van der Waals surface area contributed by atoms with Gasteiger partial charge in [0.25, 0.3) is 5.91 Å². The molecule has 0 unspecified atom stereocenters. The molecule has 174 valence electrons. The Balaban J connectivity index is 1.95. The van der Waals surface area contributed by atoms with Crippen LogP contribution in [0.1, 0.15) is 50.2 Å². The van der Waals surface area contributed by atoms with E-state index in [2.05, 4.69) is 29.5 Å². The molecule has 0 bridgehead atoms. The summed E-state index contributed by atoms with van der Waals surface area (Å²) in [4.78, 5) is 43.2. The summed E-state index contributed by atoms with van der Waals surface area (Å²) >= 11 is 13.3. The summed E-state index contributed by atoms with van der Waals surface area (Å²) in [5, 5.41) is 8.32. The predicted molar refractivity (Wildman–Crippen MR) is 130 cm³/mol. The number of hydrogen-bond donors (Lipinski definition) is 2. The molecule has 1 heterocycles. The standard InChI is InChI=1S/C22H28Cl2N4O3S/c1-13(2)7-8-25-19(29)10-16-12-32-22(26-16)27-20(30)11-28(14(3)4)21(31)17-6-5-15(23)9-18(17)24/h5-6,9,12-14H,7-8,10-11H2,1-4H3,(H,25,29)(H,26,27,30). The molecule has 2 N–H and O–H groups in total. The number of halogens is 2. The van der Waals surface area contributed by atoms with Gasteiger partial charge in [-0.15, -0.1) is 11.3 Å². The van der Waals surface area contributed by atoms with E-state index >= 15 is 0 Å². The summed E-state index contributed by atoms with van der Waals surface area (Å²) in [5.74, 6) is -0.344. The highest BCUT2D eigenvalue weighted by Crippen LogP contribution is 2.23. The monoisotopic (exact) mass is 498 g/mol. The number of carbonyl (C=O) groups is 3. The minimum atomic E-state index is -0.389. The molecule has 7 nitrogen and oxygen atoms in total. The van der Waals surface area contributed by atoms with Crippen molar-refractivity contribution in [2.45, 2.75) is 46.6 Å². The molecular weight excluding hydrogens is 471 g/mol. The molecule has 0 aliphatic rings. The molecule has 32 heavy (non-hydrogen) atoms. The Morgan fingerprint density at radius 2 is 1.84 bits per heavy atom. The molecule has 1 aromatic heterocycles. The first-order valence-corrected chi connectivity index (χ1v) is 12.0. The average Bonchev–Trinajstić information content (AvgIpc) is 3.11. The second kappa shape index (κ2) is 12.2. The fraction of sp³-hybridized carbons (Fsp3) is 0.455. The Morgan fingerprint density at radius 1 is 1.12 bits per heavy atom. The number of anilines is 1. The van der Waals surface area contributed by atoms with Crippen molar-refractivity contribution in [2.75, 3.05) is 18.4 Å². The second-order valence-corrected chi connectivity index (χ2v) is 9.75. The van der Waals surface area contributed by atoms with Crippen LogP contribution < -0.4 is 10.6 Å². The SMILES string of the molecule is CC(C)CCNC(=O)Cc1csc(NC(=O)CN(C(=O)c2ccc(Cl)cc2Cl)C(C)C)n1. The number of nitrogens with one attached hydrogen (secondary N) is 2. The number of thiazole rings is 1. The Bertz CT molecular complexity index is 962. The number of aromatic nitrogens is 1. The van der Waals surface area contributed by atoms with Crippen LogP contribution in [0.15, 0.2) is 23.6 Å². The summed E-state index contributed by atoms with van der Waals surface area (Å²) in [5.41, 5.74) is 0.856. The van der Waals surface area contributed by atoms with Gasteiger partial charge in [0, 0.05) is 23.0 Å². The number of nitrogens with zero attached hydrogens (tertiary/aromatic N) is 2. The van der Waals surface area contributed by atoms with Crippen molar-refractivity contribution in [3.63, 3.8) is 0 Å². The Morgan fingerprint density at radius 3 is 2.47 bits per heavy atom. The molecule has 0 radical (unpaired) electrons. The van der Waals surface area contributed by atoms with Gasteiger partial charge in [-0.2, -0.15) is 0 Å². The Hall–Kier alpha value is -2.16. The van der Waals surface area contributed by atoms with Crippen molar-refractivity contribution in [3.8, 4) is 0 Å². The largest absolute Gasteiger partial charge is 0.356 e. The van der Waals surface area contributed by atoms with E-state index in [0.29, 0.717) is 28.3 Å². The van der Waals surface area contributed by atoms with Gasteiger partial charge in [0.05, 0.1) is 22.7 Å². The van der Waals surface area contributed by atoms with Crippen LogP contribution in [-0.4, -0.2) is 46.7 Å². The van der Waals surface area contributed by atoms with Gasteiger partial charge in [0.2, 0.25) is 11.8 Å². The lowest BCUT2D eigenvalue weighted by molar-refractivity contribution is -0.120. The van der Waals surface area contributed by atoms with Crippen LogP contribution in [0.4, 0.5) is 5.13 Å². The molecule has 0 atom stereocenters. The minimum Gasteiger partial charge on any atom is -0.356 e. The quantitative estimate of drug-likeness (QED) is 0.498.